The monoisotopic (exact) mass is 258 g/mol. The van der Waals surface area contributed by atoms with E-state index in [2.05, 4.69) is 5.32 Å². The fraction of sp³-hybridized carbons (Fsp3) is 0.429. The van der Waals surface area contributed by atoms with Crippen LogP contribution in [0.4, 0.5) is 10.5 Å². The lowest BCUT2D eigenvalue weighted by Gasteiger charge is -2.18. The summed E-state index contributed by atoms with van der Waals surface area (Å²) in [6.07, 6.45) is 0.957. The number of hydrogen-bond donors (Lipinski definition) is 2. The van der Waals surface area contributed by atoms with Crippen molar-refractivity contribution in [1.29, 1.82) is 5.26 Å². The van der Waals surface area contributed by atoms with E-state index >= 15 is 0 Å². The van der Waals surface area contributed by atoms with Crippen LogP contribution in [0.5, 0.6) is 0 Å². The summed E-state index contributed by atoms with van der Waals surface area (Å²) < 4.78 is 0. The number of nitriles is 1. The van der Waals surface area contributed by atoms with Gasteiger partial charge in [0.2, 0.25) is 0 Å². The normalized spacial score (nSPS) is 19.8. The number of carbonyl (C=O) groups is 1. The van der Waals surface area contributed by atoms with Crippen LogP contribution in [0.3, 0.4) is 0 Å². The summed E-state index contributed by atoms with van der Waals surface area (Å²) in [5.74, 6) is 0.381. The lowest BCUT2D eigenvalue weighted by molar-refractivity contribution is 0.220. The van der Waals surface area contributed by atoms with Gasteiger partial charge >= 0.3 is 6.03 Å². The zero-order valence-electron chi connectivity index (χ0n) is 11.0. The zero-order chi connectivity index (χ0) is 13.8. The van der Waals surface area contributed by atoms with Crippen LogP contribution >= 0.6 is 0 Å². The SMILES string of the molecule is CC(N)C1CCN(C(=O)Nc2ccc(C#N)cc2)C1. The number of nitrogens with zero attached hydrogens (tertiary/aromatic N) is 2. The van der Waals surface area contributed by atoms with Crippen molar-refractivity contribution in [3.8, 4) is 6.07 Å². The quantitative estimate of drug-likeness (QED) is 0.848. The largest absolute Gasteiger partial charge is 0.328 e. The van der Waals surface area contributed by atoms with Gasteiger partial charge in [-0.2, -0.15) is 5.26 Å². The average Bonchev–Trinajstić information content (AvgIpc) is 2.89. The molecule has 1 aliphatic heterocycles. The van der Waals surface area contributed by atoms with Gasteiger partial charge < -0.3 is 16.0 Å². The van der Waals surface area contributed by atoms with E-state index in [-0.39, 0.29) is 12.1 Å². The number of hydrogen-bond acceptors (Lipinski definition) is 3. The topological polar surface area (TPSA) is 82.2 Å². The second kappa shape index (κ2) is 5.72. The molecule has 2 amide bonds. The first-order chi connectivity index (χ1) is 9.10. The molecule has 1 aromatic rings. The highest BCUT2D eigenvalue weighted by Crippen LogP contribution is 2.19. The maximum atomic E-state index is 12.0. The number of nitrogens with two attached hydrogens (primary N) is 1. The molecule has 100 valence electrons. The summed E-state index contributed by atoms with van der Waals surface area (Å²) in [6, 6.07) is 8.89. The highest BCUT2D eigenvalue weighted by molar-refractivity contribution is 5.89. The lowest BCUT2D eigenvalue weighted by Crippen LogP contribution is -2.35. The van der Waals surface area contributed by atoms with Crippen molar-refractivity contribution in [2.45, 2.75) is 19.4 Å². The zero-order valence-corrected chi connectivity index (χ0v) is 11.0. The minimum absolute atomic E-state index is 0.104. The number of urea groups is 1. The molecule has 2 unspecified atom stereocenters. The lowest BCUT2D eigenvalue weighted by atomic mass is 10.0. The minimum atomic E-state index is -0.104. The molecule has 5 heteroatoms. The average molecular weight is 258 g/mol. The Hall–Kier alpha value is -2.06. The highest BCUT2D eigenvalue weighted by atomic mass is 16.2. The van der Waals surface area contributed by atoms with Crippen LogP contribution in [-0.4, -0.2) is 30.1 Å². The molecular formula is C14H18N4O. The molecule has 1 heterocycles. The third-order valence-electron chi connectivity index (χ3n) is 3.52. The predicted molar refractivity (Wildman–Crippen MR) is 73.5 cm³/mol. The summed E-state index contributed by atoms with van der Waals surface area (Å²) in [4.78, 5) is 13.8. The third kappa shape index (κ3) is 3.24. The molecule has 1 aliphatic rings. The molecule has 0 aliphatic carbocycles. The van der Waals surface area contributed by atoms with Crippen LogP contribution in [0.1, 0.15) is 18.9 Å². The Morgan fingerprint density at radius 1 is 1.53 bits per heavy atom. The van der Waals surface area contributed by atoms with Gasteiger partial charge in [0.15, 0.2) is 0 Å². The van der Waals surface area contributed by atoms with E-state index in [1.54, 1.807) is 29.2 Å². The molecule has 5 nitrogen and oxygen atoms in total. The van der Waals surface area contributed by atoms with Gasteiger partial charge in [0, 0.05) is 24.8 Å². The van der Waals surface area contributed by atoms with Crippen LogP contribution in [0.25, 0.3) is 0 Å². The number of nitrogens with one attached hydrogen (secondary N) is 1. The van der Waals surface area contributed by atoms with Gasteiger partial charge in [0.25, 0.3) is 0 Å². The van der Waals surface area contributed by atoms with E-state index in [4.69, 9.17) is 11.0 Å². The Morgan fingerprint density at radius 2 is 2.21 bits per heavy atom. The number of anilines is 1. The first-order valence-corrected chi connectivity index (χ1v) is 6.42. The molecular weight excluding hydrogens is 240 g/mol. The number of likely N-dealkylation sites (tertiary alicyclic amines) is 1. The second-order valence-corrected chi connectivity index (χ2v) is 4.97. The number of carbonyl (C=O) groups excluding carboxylic acids is 1. The minimum Gasteiger partial charge on any atom is -0.328 e. The summed E-state index contributed by atoms with van der Waals surface area (Å²) in [5, 5.41) is 11.5. The van der Waals surface area contributed by atoms with Crippen LogP contribution < -0.4 is 11.1 Å². The number of benzene rings is 1. The molecule has 2 rings (SSSR count). The maximum absolute atomic E-state index is 12.0. The molecule has 0 radical (unpaired) electrons. The summed E-state index contributed by atoms with van der Waals surface area (Å²) in [7, 11) is 0. The van der Waals surface area contributed by atoms with Crippen LogP contribution in [0.2, 0.25) is 0 Å². The van der Waals surface area contributed by atoms with E-state index in [0.717, 1.165) is 13.0 Å². The van der Waals surface area contributed by atoms with E-state index in [9.17, 15) is 4.79 Å². The van der Waals surface area contributed by atoms with E-state index < -0.39 is 0 Å². The summed E-state index contributed by atoms with van der Waals surface area (Å²) in [5.41, 5.74) is 7.14. The fourth-order valence-corrected chi connectivity index (χ4v) is 2.23. The van der Waals surface area contributed by atoms with E-state index in [0.29, 0.717) is 23.7 Å². The molecule has 1 fully saturated rings. The molecule has 0 spiro atoms. The van der Waals surface area contributed by atoms with Gasteiger partial charge in [0.1, 0.15) is 0 Å². The predicted octanol–water partition coefficient (Wildman–Crippen LogP) is 1.76. The Labute approximate surface area is 113 Å². The Bertz CT molecular complexity index is 489. The molecule has 1 saturated heterocycles. The van der Waals surface area contributed by atoms with Gasteiger partial charge in [-0.05, 0) is 43.5 Å². The summed E-state index contributed by atoms with van der Waals surface area (Å²) >= 11 is 0. The van der Waals surface area contributed by atoms with Gasteiger partial charge in [-0.15, -0.1) is 0 Å². The Kier molecular flexibility index (Phi) is 4.03. The second-order valence-electron chi connectivity index (χ2n) is 4.97. The van der Waals surface area contributed by atoms with Gasteiger partial charge in [-0.3, -0.25) is 0 Å². The number of amides is 2. The Balaban J connectivity index is 1.92. The van der Waals surface area contributed by atoms with Crippen molar-refractivity contribution in [2.75, 3.05) is 18.4 Å². The van der Waals surface area contributed by atoms with Gasteiger partial charge in [-0.25, -0.2) is 4.79 Å². The molecule has 2 atom stereocenters. The molecule has 0 saturated carbocycles. The molecule has 1 aromatic carbocycles. The third-order valence-corrected chi connectivity index (χ3v) is 3.52. The standard InChI is InChI=1S/C14H18N4O/c1-10(16)12-6-7-18(9-12)14(19)17-13-4-2-11(8-15)3-5-13/h2-5,10,12H,6-7,9,16H2,1H3,(H,17,19). The van der Waals surface area contributed by atoms with E-state index in [1.165, 1.54) is 0 Å². The maximum Gasteiger partial charge on any atom is 0.321 e. The number of rotatable bonds is 2. The van der Waals surface area contributed by atoms with Crippen molar-refractivity contribution in [1.82, 2.24) is 4.90 Å². The molecule has 19 heavy (non-hydrogen) atoms. The Morgan fingerprint density at radius 3 is 2.74 bits per heavy atom. The summed E-state index contributed by atoms with van der Waals surface area (Å²) in [6.45, 7) is 3.43. The first-order valence-electron chi connectivity index (χ1n) is 6.42. The van der Waals surface area contributed by atoms with Gasteiger partial charge in [0.05, 0.1) is 11.6 Å². The van der Waals surface area contributed by atoms with E-state index in [1.807, 2.05) is 13.0 Å². The highest BCUT2D eigenvalue weighted by Gasteiger charge is 2.28. The fourth-order valence-electron chi connectivity index (χ4n) is 2.23. The van der Waals surface area contributed by atoms with Crippen molar-refractivity contribution >= 4 is 11.7 Å². The smallest absolute Gasteiger partial charge is 0.321 e. The van der Waals surface area contributed by atoms with Crippen molar-refractivity contribution in [3.05, 3.63) is 29.8 Å². The molecule has 0 aromatic heterocycles. The van der Waals surface area contributed by atoms with Crippen molar-refractivity contribution in [3.63, 3.8) is 0 Å². The van der Waals surface area contributed by atoms with Crippen molar-refractivity contribution < 1.29 is 4.79 Å². The van der Waals surface area contributed by atoms with Crippen LogP contribution in [0.15, 0.2) is 24.3 Å². The molecule has 3 N–H and O–H groups in total. The molecule has 0 bridgehead atoms. The van der Waals surface area contributed by atoms with Crippen LogP contribution in [0, 0.1) is 17.2 Å². The van der Waals surface area contributed by atoms with Crippen LogP contribution in [-0.2, 0) is 0 Å². The first kappa shape index (κ1) is 13.4. The van der Waals surface area contributed by atoms with Crippen molar-refractivity contribution in [2.24, 2.45) is 11.7 Å². The van der Waals surface area contributed by atoms with Gasteiger partial charge in [-0.1, -0.05) is 0 Å².